The minimum Gasteiger partial charge on any atom is -0.481 e. The first-order chi connectivity index (χ1) is 22.3. The van der Waals surface area contributed by atoms with Gasteiger partial charge in [-0.1, -0.05) is 80.8 Å². The van der Waals surface area contributed by atoms with Crippen LogP contribution in [0.5, 0.6) is 0 Å². The zero-order chi connectivity index (χ0) is 33.1. The number of aryl methyl sites for hydroxylation is 1. The number of nitrogens with zero attached hydrogens (tertiary/aromatic N) is 1. The van der Waals surface area contributed by atoms with E-state index in [1.165, 1.54) is 0 Å². The van der Waals surface area contributed by atoms with Crippen LogP contribution < -0.4 is 5.32 Å². The van der Waals surface area contributed by atoms with Gasteiger partial charge in [0.15, 0.2) is 0 Å². The van der Waals surface area contributed by atoms with Gasteiger partial charge in [0.1, 0.15) is 0 Å². The van der Waals surface area contributed by atoms with Gasteiger partial charge in [-0.25, -0.2) is 0 Å². The smallest absolute Gasteiger partial charge is 0.457 e. The van der Waals surface area contributed by atoms with E-state index in [9.17, 15) is 24.8 Å². The summed E-state index contributed by atoms with van der Waals surface area (Å²) in [6, 6.07) is 10.1. The lowest BCUT2D eigenvalue weighted by Crippen LogP contribution is -2.37. The van der Waals surface area contributed by atoms with Gasteiger partial charge in [0.25, 0.3) is 5.09 Å². The molecule has 254 valence electrons. The third kappa shape index (κ3) is 12.9. The molecule has 1 aliphatic carbocycles. The number of unbranched alkanes of at least 4 members (excludes halogenated alkanes) is 3. The quantitative estimate of drug-likeness (QED) is 0.0437. The Balaban J connectivity index is 1.75. The number of carbonyl (C=O) groups excluding carboxylic acids is 1. The van der Waals surface area contributed by atoms with Gasteiger partial charge < -0.3 is 24.6 Å². The molecule has 46 heavy (non-hydrogen) atoms. The number of nitrogens with one attached hydrogen (secondary N) is 1. The first-order valence-electron chi connectivity index (χ1n) is 17.3. The van der Waals surface area contributed by atoms with Crippen LogP contribution in [0.25, 0.3) is 0 Å². The van der Waals surface area contributed by atoms with Crippen molar-refractivity contribution in [2.45, 2.75) is 109 Å². The second kappa shape index (κ2) is 20.8. The fourth-order valence-electron chi connectivity index (χ4n) is 6.74. The van der Waals surface area contributed by atoms with Crippen LogP contribution >= 0.6 is 0 Å². The van der Waals surface area contributed by atoms with E-state index in [4.69, 9.17) is 9.31 Å². The van der Waals surface area contributed by atoms with Crippen molar-refractivity contribution in [1.82, 2.24) is 5.32 Å². The molecule has 3 rings (SSSR count). The van der Waals surface area contributed by atoms with Crippen LogP contribution in [0, 0.1) is 33.8 Å². The zero-order valence-corrected chi connectivity index (χ0v) is 27.6. The number of hydrogen-bond donors (Lipinski definition) is 2. The van der Waals surface area contributed by atoms with Gasteiger partial charge in [-0.15, -0.1) is 10.1 Å². The Bertz CT molecular complexity index is 1120. The van der Waals surface area contributed by atoms with E-state index in [0.29, 0.717) is 38.6 Å². The van der Waals surface area contributed by atoms with E-state index in [0.717, 1.165) is 56.8 Å². The molecule has 1 saturated heterocycles. The Morgan fingerprint density at radius 1 is 1.11 bits per heavy atom. The maximum atomic E-state index is 12.6. The monoisotopic (exact) mass is 640 g/mol. The molecule has 6 atom stereocenters. The van der Waals surface area contributed by atoms with Crippen molar-refractivity contribution in [2.75, 3.05) is 13.2 Å². The number of hydrogen-bond acceptors (Lipinski definition) is 7. The minimum absolute atomic E-state index is 0.0188. The number of benzene rings is 1. The maximum Gasteiger partial charge on any atom is 0.457 e. The van der Waals surface area contributed by atoms with Crippen molar-refractivity contribution in [2.24, 2.45) is 23.7 Å². The van der Waals surface area contributed by atoms with Gasteiger partial charge in [-0.2, -0.15) is 0 Å². The molecule has 11 heteroatoms. The van der Waals surface area contributed by atoms with Crippen LogP contribution in [0.1, 0.15) is 90.0 Å². The minimum atomic E-state index is -0.852. The van der Waals surface area contributed by atoms with Crippen LogP contribution in [0.3, 0.4) is 0 Å². The summed E-state index contributed by atoms with van der Waals surface area (Å²) in [6.45, 7) is 4.69. The molecule has 3 unspecified atom stereocenters. The Morgan fingerprint density at radius 2 is 1.89 bits per heavy atom. The van der Waals surface area contributed by atoms with E-state index in [1.807, 2.05) is 25.1 Å². The fourth-order valence-corrected chi connectivity index (χ4v) is 6.74. The van der Waals surface area contributed by atoms with Crippen LogP contribution in [-0.2, 0) is 30.2 Å². The molecule has 1 heterocycles. The highest BCUT2D eigenvalue weighted by molar-refractivity contribution is 6.44. The number of amides is 1. The largest absolute Gasteiger partial charge is 0.481 e. The summed E-state index contributed by atoms with van der Waals surface area (Å²) in [5, 5.41) is 22.8. The maximum absolute atomic E-state index is 12.6. The molecular weight excluding hydrogens is 587 g/mol. The number of carbonyl (C=O) groups is 2. The van der Waals surface area contributed by atoms with Gasteiger partial charge in [0, 0.05) is 25.0 Å². The number of fused-ring (bicyclic) bond motifs is 2. The van der Waals surface area contributed by atoms with Crippen LogP contribution in [0.15, 0.2) is 54.6 Å². The summed E-state index contributed by atoms with van der Waals surface area (Å²) in [5.74, 6) is -1.29. The summed E-state index contributed by atoms with van der Waals surface area (Å²) >= 11 is 0. The van der Waals surface area contributed by atoms with E-state index >= 15 is 0 Å². The lowest BCUT2D eigenvalue weighted by molar-refractivity contribution is -0.757. The summed E-state index contributed by atoms with van der Waals surface area (Å²) in [7, 11) is -0.215. The van der Waals surface area contributed by atoms with E-state index in [-0.39, 0.29) is 49.6 Å². The molecule has 1 saturated carbocycles. The Hall–Kier alpha value is -3.18. The second-order valence-electron chi connectivity index (χ2n) is 12.5. The molecule has 2 N–H and O–H groups in total. The number of rotatable bonds is 23. The molecule has 1 amide bonds. The number of carboxylic acid groups (broad SMARTS) is 1. The molecule has 1 aromatic carbocycles. The lowest BCUT2D eigenvalue weighted by Gasteiger charge is -2.28. The van der Waals surface area contributed by atoms with Crippen molar-refractivity contribution < 1.29 is 33.9 Å². The van der Waals surface area contributed by atoms with Crippen LogP contribution in [0.4, 0.5) is 0 Å². The van der Waals surface area contributed by atoms with Crippen molar-refractivity contribution in [3.8, 4) is 0 Å². The predicted molar refractivity (Wildman–Crippen MR) is 178 cm³/mol. The second-order valence-corrected chi connectivity index (χ2v) is 12.5. The molecular formula is C35H53BN2O8. The average Bonchev–Trinajstić information content (AvgIpc) is 3.27. The average molecular weight is 641 g/mol. The number of allylic oxidation sites excluding steroid dienone is 3. The predicted octanol–water partition coefficient (Wildman–Crippen LogP) is 6.83. The van der Waals surface area contributed by atoms with Gasteiger partial charge >= 0.3 is 13.1 Å². The first-order valence-corrected chi connectivity index (χ1v) is 17.3. The molecule has 2 aliphatic rings. The Labute approximate surface area is 274 Å². The topological polar surface area (TPSA) is 137 Å². The highest BCUT2D eigenvalue weighted by Crippen LogP contribution is 2.44. The Kier molecular flexibility index (Phi) is 16.9. The van der Waals surface area contributed by atoms with Crippen molar-refractivity contribution in [1.29, 1.82) is 0 Å². The fraction of sp³-hybridized carbons (Fsp3) is 0.657. The lowest BCUT2D eigenvalue weighted by atomic mass is 9.80. The number of carboxylic acids is 1. The van der Waals surface area contributed by atoms with Crippen molar-refractivity contribution in [3.05, 3.63) is 70.3 Å². The molecule has 0 radical (unpaired) electrons. The molecule has 10 nitrogen and oxygen atoms in total. The highest BCUT2D eigenvalue weighted by Gasteiger charge is 2.49. The summed E-state index contributed by atoms with van der Waals surface area (Å²) in [6.07, 6.45) is 18.3. The summed E-state index contributed by atoms with van der Waals surface area (Å²) < 4.78 is 12.9. The van der Waals surface area contributed by atoms with E-state index in [1.54, 1.807) is 0 Å². The Morgan fingerprint density at radius 3 is 2.61 bits per heavy atom. The first kappa shape index (κ1) is 37.3. The van der Waals surface area contributed by atoms with E-state index < -0.39 is 17.0 Å². The summed E-state index contributed by atoms with van der Waals surface area (Å²) in [4.78, 5) is 39.3. The molecule has 0 aromatic heterocycles. The van der Waals surface area contributed by atoms with Gasteiger partial charge in [-0.05, 0) is 82.0 Å². The zero-order valence-electron chi connectivity index (χ0n) is 27.6. The van der Waals surface area contributed by atoms with Gasteiger partial charge in [0.2, 0.25) is 5.91 Å². The number of aliphatic carboxylic acids is 1. The van der Waals surface area contributed by atoms with Crippen LogP contribution in [0.2, 0.25) is 6.32 Å². The molecule has 1 aromatic rings. The third-order valence-corrected chi connectivity index (χ3v) is 9.17. The molecule has 0 spiro atoms. The molecule has 2 bridgehead atoms. The van der Waals surface area contributed by atoms with Crippen LogP contribution in [-0.4, -0.2) is 54.5 Å². The standard InChI is InChI=1S/C35H53BN2O8/c1-3-5-24-36-45-32-26-33(46-36)31(30(32)18-11-6-7-12-19-34(39)37-4-2)23-22-28(21-20-27-15-9-8-10-16-27)29(35(40)41)17-13-14-25-44-38(42)43/h6,8-11,15-16,22-23,28-33H,3-5,7,12-14,17-21,24-26H2,1-2H3,(H,37,39)(H,40,41)/b11-6-,23-22+/t28-,29?,30+,31+,32?,33?/m0/s1. The van der Waals surface area contributed by atoms with Gasteiger partial charge in [-0.3, -0.25) is 9.59 Å². The molecule has 1 aliphatic heterocycles. The summed E-state index contributed by atoms with van der Waals surface area (Å²) in [5.41, 5.74) is 1.16. The van der Waals surface area contributed by atoms with Crippen molar-refractivity contribution >= 4 is 19.0 Å². The third-order valence-electron chi connectivity index (χ3n) is 9.17. The normalized spacial score (nSPS) is 22.3. The van der Waals surface area contributed by atoms with E-state index in [2.05, 4.69) is 53.5 Å². The highest BCUT2D eigenvalue weighted by atomic mass is 16.9. The van der Waals surface area contributed by atoms with Gasteiger partial charge in [0.05, 0.1) is 18.6 Å². The molecule has 2 fully saturated rings. The SMILES string of the molecule is CCCCB1OC2CC(O1)[C@H](C/C=C\CCCC(=O)NCC)[C@H]2/C=C/[C@H](CCc1ccccc1)C(CCCCO[N+](=O)[O-])C(=O)O. The van der Waals surface area contributed by atoms with Crippen molar-refractivity contribution in [3.63, 3.8) is 0 Å².